The average molecular weight is 351 g/mol. The standard InChI is InChI=1S/C15H21N5O5/c1-2-3-4-9(22)19-13-10-14(17-6-16-13)20(7-18-10)15-12(24)11(23)8(5-21)25-15/h6-8,11-12,15,21,23-24H,2-5H2,1H3,(H,16,17,19,22)/t8-,11-,12-,15-/m1/s1. The van der Waals surface area contributed by atoms with Crippen molar-refractivity contribution in [1.29, 1.82) is 0 Å². The predicted octanol–water partition coefficient (Wildman–Crippen LogP) is -0.434. The highest BCUT2D eigenvalue weighted by Gasteiger charge is 2.44. The number of anilines is 1. The van der Waals surface area contributed by atoms with Crippen LogP contribution in [0.1, 0.15) is 32.4 Å². The van der Waals surface area contributed by atoms with Crippen molar-refractivity contribution in [3.8, 4) is 0 Å². The van der Waals surface area contributed by atoms with Crippen LogP contribution < -0.4 is 5.32 Å². The zero-order valence-corrected chi connectivity index (χ0v) is 13.7. The Kier molecular flexibility index (Phi) is 5.23. The fourth-order valence-electron chi connectivity index (χ4n) is 2.77. The Morgan fingerprint density at radius 2 is 2.12 bits per heavy atom. The number of imidazole rings is 1. The molecule has 1 saturated heterocycles. The highest BCUT2D eigenvalue weighted by Crippen LogP contribution is 2.32. The van der Waals surface area contributed by atoms with Crippen LogP contribution in [0.4, 0.5) is 5.82 Å². The first-order valence-electron chi connectivity index (χ1n) is 8.16. The molecule has 3 rings (SSSR count). The van der Waals surface area contributed by atoms with Crippen LogP contribution in [0.2, 0.25) is 0 Å². The maximum atomic E-state index is 11.9. The minimum absolute atomic E-state index is 0.163. The third-order valence-corrected chi connectivity index (χ3v) is 4.17. The molecular formula is C15H21N5O5. The molecule has 1 aliphatic rings. The first-order valence-corrected chi connectivity index (χ1v) is 8.16. The summed E-state index contributed by atoms with van der Waals surface area (Å²) in [6, 6.07) is 0. The molecule has 4 atom stereocenters. The summed E-state index contributed by atoms with van der Waals surface area (Å²) < 4.78 is 6.93. The zero-order valence-electron chi connectivity index (χ0n) is 13.7. The second-order valence-corrected chi connectivity index (χ2v) is 5.93. The number of unbranched alkanes of at least 4 members (excludes halogenated alkanes) is 1. The number of rotatable bonds is 6. The van der Waals surface area contributed by atoms with Crippen molar-refractivity contribution in [2.45, 2.75) is 50.7 Å². The molecule has 1 fully saturated rings. The second kappa shape index (κ2) is 7.40. The number of nitrogens with zero attached hydrogens (tertiary/aromatic N) is 4. The first kappa shape index (κ1) is 17.7. The molecule has 136 valence electrons. The maximum absolute atomic E-state index is 11.9. The molecule has 3 heterocycles. The van der Waals surface area contributed by atoms with Gasteiger partial charge in [-0.15, -0.1) is 0 Å². The van der Waals surface area contributed by atoms with Crippen molar-refractivity contribution in [1.82, 2.24) is 19.5 Å². The maximum Gasteiger partial charge on any atom is 0.225 e. The molecule has 0 bridgehead atoms. The number of ether oxygens (including phenoxy) is 1. The number of hydrogen-bond acceptors (Lipinski definition) is 8. The minimum Gasteiger partial charge on any atom is -0.394 e. The summed E-state index contributed by atoms with van der Waals surface area (Å²) in [6.07, 6.45) is 0.428. The lowest BCUT2D eigenvalue weighted by atomic mass is 10.1. The van der Waals surface area contributed by atoms with E-state index in [1.165, 1.54) is 17.2 Å². The van der Waals surface area contributed by atoms with Gasteiger partial charge in [-0.05, 0) is 6.42 Å². The lowest BCUT2D eigenvalue weighted by Gasteiger charge is -2.16. The van der Waals surface area contributed by atoms with Gasteiger partial charge in [0.2, 0.25) is 5.91 Å². The van der Waals surface area contributed by atoms with Gasteiger partial charge in [0.15, 0.2) is 23.2 Å². The quantitative estimate of drug-likeness (QED) is 0.549. The van der Waals surface area contributed by atoms with E-state index in [0.717, 1.165) is 12.8 Å². The van der Waals surface area contributed by atoms with Gasteiger partial charge in [-0.25, -0.2) is 15.0 Å². The molecule has 4 N–H and O–H groups in total. The number of amides is 1. The fourth-order valence-corrected chi connectivity index (χ4v) is 2.77. The number of fused-ring (bicyclic) bond motifs is 1. The van der Waals surface area contributed by atoms with E-state index in [-0.39, 0.29) is 11.7 Å². The van der Waals surface area contributed by atoms with Gasteiger partial charge in [-0.3, -0.25) is 9.36 Å². The number of nitrogens with one attached hydrogen (secondary N) is 1. The zero-order chi connectivity index (χ0) is 18.0. The Morgan fingerprint density at radius 1 is 1.32 bits per heavy atom. The molecule has 1 amide bonds. The van der Waals surface area contributed by atoms with Gasteiger partial charge in [0, 0.05) is 6.42 Å². The molecule has 25 heavy (non-hydrogen) atoms. The number of hydrogen-bond donors (Lipinski definition) is 4. The number of aromatic nitrogens is 4. The van der Waals surface area contributed by atoms with E-state index < -0.39 is 31.1 Å². The molecule has 0 saturated carbocycles. The van der Waals surface area contributed by atoms with Crippen LogP contribution in [-0.4, -0.2) is 65.7 Å². The van der Waals surface area contributed by atoms with Gasteiger partial charge >= 0.3 is 0 Å². The molecule has 0 radical (unpaired) electrons. The van der Waals surface area contributed by atoms with Crippen LogP contribution >= 0.6 is 0 Å². The van der Waals surface area contributed by atoms with Crippen LogP contribution in [0.15, 0.2) is 12.7 Å². The van der Waals surface area contributed by atoms with E-state index >= 15 is 0 Å². The Morgan fingerprint density at radius 3 is 2.80 bits per heavy atom. The fraction of sp³-hybridized carbons (Fsp3) is 0.600. The van der Waals surface area contributed by atoms with Gasteiger partial charge < -0.3 is 25.4 Å². The van der Waals surface area contributed by atoms with Crippen LogP contribution in [0, 0.1) is 0 Å². The average Bonchev–Trinajstić information content (AvgIpc) is 3.16. The van der Waals surface area contributed by atoms with Crippen LogP contribution in [0.25, 0.3) is 11.2 Å². The second-order valence-electron chi connectivity index (χ2n) is 5.93. The third kappa shape index (κ3) is 3.33. The molecule has 2 aromatic rings. The Bertz CT molecular complexity index is 751. The van der Waals surface area contributed by atoms with Gasteiger partial charge in [-0.1, -0.05) is 13.3 Å². The van der Waals surface area contributed by atoms with Crippen molar-refractivity contribution >= 4 is 22.9 Å². The van der Waals surface area contributed by atoms with E-state index in [2.05, 4.69) is 20.3 Å². The van der Waals surface area contributed by atoms with Crippen LogP contribution in [0.5, 0.6) is 0 Å². The van der Waals surface area contributed by atoms with Crippen molar-refractivity contribution in [2.75, 3.05) is 11.9 Å². The summed E-state index contributed by atoms with van der Waals surface area (Å²) >= 11 is 0. The van der Waals surface area contributed by atoms with E-state index in [4.69, 9.17) is 4.74 Å². The first-order chi connectivity index (χ1) is 12.1. The smallest absolute Gasteiger partial charge is 0.225 e. The highest BCUT2D eigenvalue weighted by molar-refractivity contribution is 5.96. The Hall–Kier alpha value is -2.14. The van der Waals surface area contributed by atoms with E-state index in [9.17, 15) is 20.1 Å². The summed E-state index contributed by atoms with van der Waals surface area (Å²) in [5.41, 5.74) is 0.695. The van der Waals surface area contributed by atoms with E-state index in [1.54, 1.807) is 0 Å². The SMILES string of the molecule is CCCCC(=O)Nc1ncnc2c1ncn2[C@@H]1O[C@H](CO)[C@@H](O)[C@H]1O. The minimum atomic E-state index is -1.24. The normalized spacial score (nSPS) is 26.2. The van der Waals surface area contributed by atoms with Crippen LogP contribution in [-0.2, 0) is 9.53 Å². The number of aliphatic hydroxyl groups excluding tert-OH is 3. The van der Waals surface area contributed by atoms with Crippen molar-refractivity contribution < 1.29 is 24.9 Å². The Balaban J connectivity index is 1.87. The topological polar surface area (TPSA) is 143 Å². The summed E-state index contributed by atoms with van der Waals surface area (Å²) in [7, 11) is 0. The van der Waals surface area contributed by atoms with Crippen molar-refractivity contribution in [3.63, 3.8) is 0 Å². The lowest BCUT2D eigenvalue weighted by Crippen LogP contribution is -2.33. The number of aliphatic hydroxyl groups is 3. The largest absolute Gasteiger partial charge is 0.394 e. The van der Waals surface area contributed by atoms with Gasteiger partial charge in [-0.2, -0.15) is 0 Å². The molecule has 10 nitrogen and oxygen atoms in total. The molecule has 0 aromatic carbocycles. The van der Waals surface area contributed by atoms with Crippen molar-refractivity contribution in [2.24, 2.45) is 0 Å². The molecule has 0 aliphatic carbocycles. The molecule has 0 spiro atoms. The monoisotopic (exact) mass is 351 g/mol. The summed E-state index contributed by atoms with van der Waals surface area (Å²) in [6.45, 7) is 1.58. The third-order valence-electron chi connectivity index (χ3n) is 4.17. The molecular weight excluding hydrogens is 330 g/mol. The van der Waals surface area contributed by atoms with Gasteiger partial charge in [0.25, 0.3) is 0 Å². The van der Waals surface area contributed by atoms with Crippen molar-refractivity contribution in [3.05, 3.63) is 12.7 Å². The Labute approximate surface area is 143 Å². The number of carbonyl (C=O) groups excluding carboxylic acids is 1. The predicted molar refractivity (Wildman–Crippen MR) is 86.5 cm³/mol. The molecule has 0 unspecified atom stereocenters. The number of carbonyl (C=O) groups is 1. The summed E-state index contributed by atoms with van der Waals surface area (Å²) in [5, 5.41) is 32.0. The summed E-state index contributed by atoms with van der Waals surface area (Å²) in [4.78, 5) is 24.3. The van der Waals surface area contributed by atoms with Gasteiger partial charge in [0.1, 0.15) is 24.6 Å². The van der Waals surface area contributed by atoms with Crippen LogP contribution in [0.3, 0.4) is 0 Å². The summed E-state index contributed by atoms with van der Waals surface area (Å²) in [5.74, 6) is 0.112. The molecule has 10 heteroatoms. The van der Waals surface area contributed by atoms with E-state index in [0.29, 0.717) is 17.6 Å². The van der Waals surface area contributed by atoms with Gasteiger partial charge in [0.05, 0.1) is 12.9 Å². The molecule has 2 aromatic heterocycles. The lowest BCUT2D eigenvalue weighted by molar-refractivity contribution is -0.116. The highest BCUT2D eigenvalue weighted by atomic mass is 16.6. The van der Waals surface area contributed by atoms with E-state index in [1.807, 2.05) is 6.92 Å². The molecule has 1 aliphatic heterocycles.